The Morgan fingerprint density at radius 1 is 1.16 bits per heavy atom. The first-order chi connectivity index (χ1) is 14.9. The molecule has 1 aliphatic carbocycles. The highest BCUT2D eigenvalue weighted by Crippen LogP contribution is 2.32. The highest BCUT2D eigenvalue weighted by molar-refractivity contribution is 8.00. The van der Waals surface area contributed by atoms with Crippen LogP contribution >= 0.6 is 23.4 Å². The Hall–Kier alpha value is -2.31. The molecule has 31 heavy (non-hydrogen) atoms. The number of imidazole rings is 1. The van der Waals surface area contributed by atoms with E-state index in [9.17, 15) is 9.59 Å². The lowest BCUT2D eigenvalue weighted by Crippen LogP contribution is -2.26. The van der Waals surface area contributed by atoms with Crippen molar-refractivity contribution >= 4 is 51.9 Å². The Kier molecular flexibility index (Phi) is 6.68. The minimum Gasteiger partial charge on any atom is -0.324 e. The summed E-state index contributed by atoms with van der Waals surface area (Å²) in [6, 6.07) is 13.2. The smallest absolute Gasteiger partial charge is 0.237 e. The number of nitrogens with one attached hydrogen (secondary N) is 1. The average Bonchev–Trinajstić information content (AvgIpc) is 3.13. The molecule has 1 amide bonds. The summed E-state index contributed by atoms with van der Waals surface area (Å²) in [6.07, 6.45) is 5.19. The van der Waals surface area contributed by atoms with Crippen molar-refractivity contribution in [3.63, 3.8) is 0 Å². The molecule has 7 heteroatoms. The standard InChI is InChI=1S/C24H26ClN3O2S/c1-15-12-13-19(18(25)14-15)26-22(29)16(2)31-24-27-20-10-6-7-11-21(20)28(24)23(30)17-8-4-3-5-9-17/h6-7,10-14,16-17H,3-5,8-9H2,1-2H3,(H,26,29). The molecule has 162 valence electrons. The second-order valence-corrected chi connectivity index (χ2v) is 9.84. The Labute approximate surface area is 191 Å². The fourth-order valence-electron chi connectivity index (χ4n) is 4.00. The van der Waals surface area contributed by atoms with Gasteiger partial charge in [-0.15, -0.1) is 0 Å². The highest BCUT2D eigenvalue weighted by Gasteiger charge is 2.28. The number of fused-ring (bicyclic) bond motifs is 1. The lowest BCUT2D eigenvalue weighted by atomic mass is 9.88. The SMILES string of the molecule is Cc1ccc(NC(=O)C(C)Sc2nc3ccccc3n2C(=O)C2CCCCC2)c(Cl)c1. The fourth-order valence-corrected chi connectivity index (χ4v) is 5.20. The first kappa shape index (κ1) is 21.9. The maximum Gasteiger partial charge on any atom is 0.237 e. The number of rotatable bonds is 5. The van der Waals surface area contributed by atoms with Gasteiger partial charge in [-0.2, -0.15) is 0 Å². The number of aryl methyl sites for hydroxylation is 1. The molecule has 3 aromatic rings. The van der Waals surface area contributed by atoms with Crippen molar-refractivity contribution < 1.29 is 9.59 Å². The van der Waals surface area contributed by atoms with Crippen molar-refractivity contribution in [3.05, 3.63) is 53.1 Å². The molecular weight excluding hydrogens is 430 g/mol. The summed E-state index contributed by atoms with van der Waals surface area (Å²) >= 11 is 7.56. The molecular formula is C24H26ClN3O2S. The second kappa shape index (κ2) is 9.45. The fraction of sp³-hybridized carbons (Fsp3) is 0.375. The minimum absolute atomic E-state index is 0.0150. The van der Waals surface area contributed by atoms with Crippen molar-refractivity contribution in [2.75, 3.05) is 5.32 Å². The van der Waals surface area contributed by atoms with Crippen LogP contribution < -0.4 is 5.32 Å². The molecule has 0 bridgehead atoms. The van der Waals surface area contributed by atoms with Crippen molar-refractivity contribution in [1.82, 2.24) is 9.55 Å². The van der Waals surface area contributed by atoms with E-state index < -0.39 is 5.25 Å². The van der Waals surface area contributed by atoms with Gasteiger partial charge in [-0.3, -0.25) is 14.2 Å². The van der Waals surface area contributed by atoms with Gasteiger partial charge in [0.1, 0.15) is 0 Å². The molecule has 1 unspecified atom stereocenters. The Morgan fingerprint density at radius 3 is 2.65 bits per heavy atom. The molecule has 1 aromatic heterocycles. The second-order valence-electron chi connectivity index (χ2n) is 8.12. The largest absolute Gasteiger partial charge is 0.324 e. The molecule has 5 nitrogen and oxygen atoms in total. The average molecular weight is 456 g/mol. The first-order valence-corrected chi connectivity index (χ1v) is 11.9. The Bertz CT molecular complexity index is 1120. The summed E-state index contributed by atoms with van der Waals surface area (Å²) in [4.78, 5) is 30.9. The normalized spacial score (nSPS) is 15.7. The zero-order valence-electron chi connectivity index (χ0n) is 17.7. The van der Waals surface area contributed by atoms with Crippen LogP contribution in [0.5, 0.6) is 0 Å². The van der Waals surface area contributed by atoms with Crippen molar-refractivity contribution in [1.29, 1.82) is 0 Å². The summed E-state index contributed by atoms with van der Waals surface area (Å²) in [5, 5.41) is 3.51. The van der Waals surface area contributed by atoms with E-state index in [1.165, 1.54) is 18.2 Å². The molecule has 1 heterocycles. The Balaban J connectivity index is 1.58. The Morgan fingerprint density at radius 2 is 1.90 bits per heavy atom. The van der Waals surface area contributed by atoms with E-state index in [0.717, 1.165) is 42.3 Å². The number of benzene rings is 2. The third-order valence-electron chi connectivity index (χ3n) is 5.74. The lowest BCUT2D eigenvalue weighted by molar-refractivity contribution is -0.115. The van der Waals surface area contributed by atoms with Gasteiger partial charge in [0.05, 0.1) is 27.0 Å². The predicted octanol–water partition coefficient (Wildman–Crippen LogP) is 6.34. The molecule has 2 aromatic carbocycles. The van der Waals surface area contributed by atoms with Crippen molar-refractivity contribution in [2.45, 2.75) is 56.4 Å². The van der Waals surface area contributed by atoms with E-state index in [2.05, 4.69) is 10.3 Å². The van der Waals surface area contributed by atoms with Crippen LogP contribution in [0, 0.1) is 12.8 Å². The number of anilines is 1. The number of hydrogen-bond donors (Lipinski definition) is 1. The number of hydrogen-bond acceptors (Lipinski definition) is 4. The van der Waals surface area contributed by atoms with Gasteiger partial charge < -0.3 is 5.32 Å². The van der Waals surface area contributed by atoms with Gasteiger partial charge in [0, 0.05) is 5.92 Å². The summed E-state index contributed by atoms with van der Waals surface area (Å²) in [6.45, 7) is 3.76. The zero-order valence-corrected chi connectivity index (χ0v) is 19.3. The third-order valence-corrected chi connectivity index (χ3v) is 7.10. The summed E-state index contributed by atoms with van der Waals surface area (Å²) < 4.78 is 1.72. The molecule has 0 saturated heterocycles. The van der Waals surface area contributed by atoms with Crippen LogP contribution in [0.2, 0.25) is 5.02 Å². The van der Waals surface area contributed by atoms with Crippen LogP contribution in [0.15, 0.2) is 47.6 Å². The number of para-hydroxylation sites is 2. The number of halogens is 1. The molecule has 0 spiro atoms. The van der Waals surface area contributed by atoms with Gasteiger partial charge in [-0.25, -0.2) is 4.98 Å². The van der Waals surface area contributed by atoms with Gasteiger partial charge in [-0.1, -0.05) is 60.8 Å². The number of carbonyl (C=O) groups excluding carboxylic acids is 2. The zero-order chi connectivity index (χ0) is 22.0. The molecule has 1 fully saturated rings. The highest BCUT2D eigenvalue weighted by atomic mass is 35.5. The van der Waals surface area contributed by atoms with Gasteiger partial charge >= 0.3 is 0 Å². The molecule has 1 atom stereocenters. The van der Waals surface area contributed by atoms with Crippen LogP contribution in [0.4, 0.5) is 5.69 Å². The van der Waals surface area contributed by atoms with Crippen LogP contribution in [0.3, 0.4) is 0 Å². The van der Waals surface area contributed by atoms with E-state index in [-0.39, 0.29) is 17.7 Å². The summed E-state index contributed by atoms with van der Waals surface area (Å²) in [5.74, 6) is -0.0780. The molecule has 1 N–H and O–H groups in total. The summed E-state index contributed by atoms with van der Waals surface area (Å²) in [5.41, 5.74) is 3.18. The van der Waals surface area contributed by atoms with Crippen LogP contribution in [-0.2, 0) is 4.79 Å². The summed E-state index contributed by atoms with van der Waals surface area (Å²) in [7, 11) is 0. The van der Waals surface area contributed by atoms with Gasteiger partial charge in [-0.05, 0) is 56.5 Å². The van der Waals surface area contributed by atoms with E-state index in [1.54, 1.807) is 10.6 Å². The van der Waals surface area contributed by atoms with Crippen molar-refractivity contribution in [3.8, 4) is 0 Å². The molecule has 0 radical (unpaired) electrons. The number of carbonyl (C=O) groups is 2. The van der Waals surface area contributed by atoms with Crippen LogP contribution in [0.25, 0.3) is 11.0 Å². The molecule has 0 aliphatic heterocycles. The van der Waals surface area contributed by atoms with E-state index >= 15 is 0 Å². The molecule has 1 saturated carbocycles. The monoisotopic (exact) mass is 455 g/mol. The van der Waals surface area contributed by atoms with E-state index in [4.69, 9.17) is 11.6 Å². The van der Waals surface area contributed by atoms with Crippen LogP contribution in [0.1, 0.15) is 49.4 Å². The maximum absolute atomic E-state index is 13.4. The van der Waals surface area contributed by atoms with Gasteiger partial charge in [0.25, 0.3) is 0 Å². The van der Waals surface area contributed by atoms with E-state index in [0.29, 0.717) is 15.9 Å². The van der Waals surface area contributed by atoms with Crippen LogP contribution in [-0.4, -0.2) is 26.6 Å². The number of amides is 1. The van der Waals surface area contributed by atoms with Crippen molar-refractivity contribution in [2.24, 2.45) is 5.92 Å². The predicted molar refractivity (Wildman–Crippen MR) is 127 cm³/mol. The third kappa shape index (κ3) is 4.80. The number of thioether (sulfide) groups is 1. The molecule has 1 aliphatic rings. The minimum atomic E-state index is -0.452. The number of aromatic nitrogens is 2. The maximum atomic E-state index is 13.4. The molecule has 4 rings (SSSR count). The van der Waals surface area contributed by atoms with Gasteiger partial charge in [0.2, 0.25) is 11.8 Å². The lowest BCUT2D eigenvalue weighted by Gasteiger charge is -2.22. The quantitative estimate of drug-likeness (QED) is 0.456. The number of nitrogens with zero attached hydrogens (tertiary/aromatic N) is 2. The van der Waals surface area contributed by atoms with Gasteiger partial charge in [0.15, 0.2) is 5.16 Å². The van der Waals surface area contributed by atoms with E-state index in [1.807, 2.05) is 50.2 Å². The topological polar surface area (TPSA) is 64.0 Å². The first-order valence-electron chi connectivity index (χ1n) is 10.7.